The van der Waals surface area contributed by atoms with Crippen LogP contribution in [-0.4, -0.2) is 33.9 Å². The number of ether oxygens (including phenoxy) is 1. The van der Waals surface area contributed by atoms with E-state index >= 15 is 0 Å². The lowest BCUT2D eigenvalue weighted by Crippen LogP contribution is -2.45. The van der Waals surface area contributed by atoms with Gasteiger partial charge in [-0.15, -0.1) is 0 Å². The summed E-state index contributed by atoms with van der Waals surface area (Å²) in [6.07, 6.45) is 1.31. The number of benzene rings is 1. The lowest BCUT2D eigenvalue weighted by molar-refractivity contribution is 0.0943. The van der Waals surface area contributed by atoms with E-state index in [1.807, 2.05) is 13.8 Å². The molecule has 0 atom stereocenters. The van der Waals surface area contributed by atoms with Crippen LogP contribution in [0.25, 0.3) is 5.69 Å². The van der Waals surface area contributed by atoms with E-state index in [-0.39, 0.29) is 12.2 Å². The van der Waals surface area contributed by atoms with Crippen LogP contribution in [0.1, 0.15) is 37.2 Å². The normalized spacial score (nSPS) is 10.5. The molecule has 25 heavy (non-hydrogen) atoms. The molecule has 2 rings (SSSR count). The minimum Gasteiger partial charge on any atom is -0.497 e. The predicted octanol–water partition coefficient (Wildman–Crippen LogP) is 0.953. The zero-order chi connectivity index (χ0) is 18.4. The van der Waals surface area contributed by atoms with Crippen molar-refractivity contribution in [1.29, 1.82) is 0 Å². The average molecular weight is 346 g/mol. The van der Waals surface area contributed by atoms with E-state index < -0.39 is 17.2 Å². The van der Waals surface area contributed by atoms with Crippen LogP contribution in [0.3, 0.4) is 0 Å². The second-order valence-electron chi connectivity index (χ2n) is 5.45. The highest BCUT2D eigenvalue weighted by Gasteiger charge is 2.19. The SMILES string of the molecule is CCCNC(=O)c1nn(-c2ccc(OC)cc2)c(=O)n(CCC)c1=O. The highest BCUT2D eigenvalue weighted by atomic mass is 16.5. The molecule has 8 heteroatoms. The molecule has 134 valence electrons. The Morgan fingerprint density at radius 3 is 2.40 bits per heavy atom. The molecule has 0 radical (unpaired) electrons. The summed E-state index contributed by atoms with van der Waals surface area (Å²) in [5, 5.41) is 6.64. The molecule has 0 spiro atoms. The predicted molar refractivity (Wildman–Crippen MR) is 93.6 cm³/mol. The van der Waals surface area contributed by atoms with Crippen molar-refractivity contribution in [3.63, 3.8) is 0 Å². The lowest BCUT2D eigenvalue weighted by Gasteiger charge is -2.12. The van der Waals surface area contributed by atoms with E-state index in [0.29, 0.717) is 24.4 Å². The third kappa shape index (κ3) is 3.96. The van der Waals surface area contributed by atoms with Crippen LogP contribution in [0.4, 0.5) is 0 Å². The van der Waals surface area contributed by atoms with Crippen molar-refractivity contribution in [1.82, 2.24) is 19.7 Å². The smallest absolute Gasteiger partial charge is 0.352 e. The molecule has 1 heterocycles. The number of hydrogen-bond acceptors (Lipinski definition) is 5. The molecule has 0 bridgehead atoms. The molecule has 0 unspecified atom stereocenters. The fourth-order valence-electron chi connectivity index (χ4n) is 2.29. The summed E-state index contributed by atoms with van der Waals surface area (Å²) in [6.45, 7) is 4.39. The van der Waals surface area contributed by atoms with Crippen LogP contribution in [0, 0.1) is 0 Å². The van der Waals surface area contributed by atoms with Gasteiger partial charge in [-0.3, -0.25) is 14.2 Å². The molecule has 0 aliphatic carbocycles. The van der Waals surface area contributed by atoms with Crippen LogP contribution in [0.15, 0.2) is 33.9 Å². The van der Waals surface area contributed by atoms with Gasteiger partial charge in [0.2, 0.25) is 5.69 Å². The Bertz CT molecular complexity index is 852. The Labute approximate surface area is 145 Å². The zero-order valence-corrected chi connectivity index (χ0v) is 14.6. The maximum atomic E-state index is 12.6. The standard InChI is InChI=1S/C17H22N4O4/c1-4-10-18-15(22)14-16(23)20(11-5-2)17(24)21(19-14)12-6-8-13(25-3)9-7-12/h6-9H,4-5,10-11H2,1-3H3,(H,18,22). The molecule has 0 fully saturated rings. The third-order valence-corrected chi connectivity index (χ3v) is 3.57. The van der Waals surface area contributed by atoms with Gasteiger partial charge in [-0.25, -0.2) is 4.79 Å². The number of hydrogen-bond donors (Lipinski definition) is 1. The van der Waals surface area contributed by atoms with Crippen molar-refractivity contribution in [3.05, 3.63) is 50.8 Å². The largest absolute Gasteiger partial charge is 0.497 e. The summed E-state index contributed by atoms with van der Waals surface area (Å²) in [5.74, 6) is 0.0403. The number of methoxy groups -OCH3 is 1. The Kier molecular flexibility index (Phi) is 6.10. The van der Waals surface area contributed by atoms with E-state index in [9.17, 15) is 14.4 Å². The Morgan fingerprint density at radius 1 is 1.16 bits per heavy atom. The zero-order valence-electron chi connectivity index (χ0n) is 14.6. The molecule has 8 nitrogen and oxygen atoms in total. The van der Waals surface area contributed by atoms with Gasteiger partial charge < -0.3 is 10.1 Å². The summed E-state index contributed by atoms with van der Waals surface area (Å²) in [5.41, 5.74) is -1.10. The number of aromatic nitrogens is 3. The summed E-state index contributed by atoms with van der Waals surface area (Å²) in [6, 6.07) is 6.63. The maximum absolute atomic E-state index is 12.6. The Balaban J connectivity index is 2.61. The topological polar surface area (TPSA) is 95.2 Å². The van der Waals surface area contributed by atoms with Crippen molar-refractivity contribution < 1.29 is 9.53 Å². The minimum atomic E-state index is -0.676. The van der Waals surface area contributed by atoms with Gasteiger partial charge in [0.1, 0.15) is 5.75 Å². The van der Waals surface area contributed by atoms with Gasteiger partial charge in [-0.1, -0.05) is 13.8 Å². The number of carbonyl (C=O) groups excluding carboxylic acids is 1. The van der Waals surface area contributed by atoms with Gasteiger partial charge in [0.05, 0.1) is 12.8 Å². The molecule has 0 aliphatic heterocycles. The van der Waals surface area contributed by atoms with Gasteiger partial charge in [-0.05, 0) is 37.1 Å². The molecule has 2 aromatic rings. The van der Waals surface area contributed by atoms with Gasteiger partial charge in [0.25, 0.3) is 11.5 Å². The third-order valence-electron chi connectivity index (χ3n) is 3.57. The first-order valence-electron chi connectivity index (χ1n) is 8.20. The lowest BCUT2D eigenvalue weighted by atomic mass is 10.3. The highest BCUT2D eigenvalue weighted by Crippen LogP contribution is 2.12. The molecule has 0 aliphatic rings. The van der Waals surface area contributed by atoms with Gasteiger partial charge in [0.15, 0.2) is 0 Å². The van der Waals surface area contributed by atoms with Gasteiger partial charge in [0, 0.05) is 13.1 Å². The fraction of sp³-hybridized carbons (Fsp3) is 0.412. The van der Waals surface area contributed by atoms with E-state index in [1.165, 1.54) is 7.11 Å². The van der Waals surface area contributed by atoms with E-state index in [0.717, 1.165) is 15.7 Å². The first kappa shape index (κ1) is 18.4. The number of carbonyl (C=O) groups is 1. The summed E-state index contributed by atoms with van der Waals surface area (Å²) >= 11 is 0. The van der Waals surface area contributed by atoms with Crippen molar-refractivity contribution >= 4 is 5.91 Å². The van der Waals surface area contributed by atoms with Crippen molar-refractivity contribution in [3.8, 4) is 11.4 Å². The second kappa shape index (κ2) is 8.27. The quantitative estimate of drug-likeness (QED) is 0.805. The number of rotatable bonds is 7. The molecule has 1 aromatic heterocycles. The molecular weight excluding hydrogens is 324 g/mol. The molecule has 0 saturated carbocycles. The summed E-state index contributed by atoms with van der Waals surface area (Å²) in [4.78, 5) is 37.4. The van der Waals surface area contributed by atoms with Crippen molar-refractivity contribution in [2.24, 2.45) is 0 Å². The monoisotopic (exact) mass is 346 g/mol. The number of amides is 1. The van der Waals surface area contributed by atoms with Crippen LogP contribution in [0.2, 0.25) is 0 Å². The van der Waals surface area contributed by atoms with Crippen LogP contribution in [-0.2, 0) is 6.54 Å². The van der Waals surface area contributed by atoms with Crippen LogP contribution in [0.5, 0.6) is 5.75 Å². The first-order valence-corrected chi connectivity index (χ1v) is 8.20. The highest BCUT2D eigenvalue weighted by molar-refractivity contribution is 5.91. The molecule has 1 amide bonds. The van der Waals surface area contributed by atoms with Crippen LogP contribution >= 0.6 is 0 Å². The van der Waals surface area contributed by atoms with E-state index in [1.54, 1.807) is 24.3 Å². The van der Waals surface area contributed by atoms with Crippen molar-refractivity contribution in [2.75, 3.05) is 13.7 Å². The van der Waals surface area contributed by atoms with E-state index in [4.69, 9.17) is 4.74 Å². The molecular formula is C17H22N4O4. The first-order chi connectivity index (χ1) is 12.0. The van der Waals surface area contributed by atoms with Gasteiger partial charge in [-0.2, -0.15) is 9.78 Å². The van der Waals surface area contributed by atoms with Crippen molar-refractivity contribution in [2.45, 2.75) is 33.2 Å². The van der Waals surface area contributed by atoms with Gasteiger partial charge >= 0.3 is 5.69 Å². The summed E-state index contributed by atoms with van der Waals surface area (Å²) in [7, 11) is 1.54. The molecule has 1 N–H and O–H groups in total. The number of nitrogens with zero attached hydrogens (tertiary/aromatic N) is 3. The number of nitrogens with one attached hydrogen (secondary N) is 1. The van der Waals surface area contributed by atoms with Crippen LogP contribution < -0.4 is 21.3 Å². The Morgan fingerprint density at radius 2 is 1.84 bits per heavy atom. The van der Waals surface area contributed by atoms with E-state index in [2.05, 4.69) is 10.4 Å². The average Bonchev–Trinajstić information content (AvgIpc) is 2.63. The Hall–Kier alpha value is -2.90. The second-order valence-corrected chi connectivity index (χ2v) is 5.45. The minimum absolute atomic E-state index is 0.213. The maximum Gasteiger partial charge on any atom is 0.352 e. The summed E-state index contributed by atoms with van der Waals surface area (Å²) < 4.78 is 7.20. The fourth-order valence-corrected chi connectivity index (χ4v) is 2.29. The molecule has 0 saturated heterocycles. The molecule has 1 aromatic carbocycles.